The minimum Gasteiger partial charge on any atom is -0.496 e. The predicted octanol–water partition coefficient (Wildman–Crippen LogP) is 4.89. The van der Waals surface area contributed by atoms with Crippen molar-refractivity contribution >= 4 is 40.3 Å². The van der Waals surface area contributed by atoms with E-state index < -0.39 is 0 Å². The molecule has 2 heterocycles. The number of amidine groups is 1. The van der Waals surface area contributed by atoms with E-state index in [1.807, 2.05) is 43.3 Å². The van der Waals surface area contributed by atoms with Crippen molar-refractivity contribution in [1.29, 1.82) is 0 Å². The standard InChI is InChI=1S/C23H25N3O2S/c1-16-6-9-18(10-7-16)24-23-25-22(27)21(29-23)14-17-8-11-19(15-20(17)28-2)26-12-4-3-5-13-26/h6-11,14-15H,3-5,12-13H2,1-2H3,(H,24,25,27)/b21-14-. The van der Waals surface area contributed by atoms with E-state index in [4.69, 9.17) is 4.74 Å². The Kier molecular flexibility index (Phi) is 5.90. The van der Waals surface area contributed by atoms with E-state index in [0.717, 1.165) is 30.1 Å². The van der Waals surface area contributed by atoms with Crippen LogP contribution in [0.5, 0.6) is 5.75 Å². The lowest BCUT2D eigenvalue weighted by atomic mass is 10.1. The lowest BCUT2D eigenvalue weighted by Gasteiger charge is -2.29. The van der Waals surface area contributed by atoms with Gasteiger partial charge in [-0.2, -0.15) is 0 Å². The molecule has 2 fully saturated rings. The van der Waals surface area contributed by atoms with E-state index in [1.54, 1.807) is 7.11 Å². The summed E-state index contributed by atoms with van der Waals surface area (Å²) in [5.74, 6) is 0.640. The van der Waals surface area contributed by atoms with Gasteiger partial charge < -0.3 is 15.0 Å². The van der Waals surface area contributed by atoms with Crippen molar-refractivity contribution < 1.29 is 9.53 Å². The van der Waals surface area contributed by atoms with Gasteiger partial charge in [0.2, 0.25) is 0 Å². The van der Waals surface area contributed by atoms with Crippen molar-refractivity contribution in [1.82, 2.24) is 5.32 Å². The third-order valence-corrected chi connectivity index (χ3v) is 6.05. The van der Waals surface area contributed by atoms with Crippen molar-refractivity contribution in [2.24, 2.45) is 4.99 Å². The Bertz CT molecular complexity index is 961. The van der Waals surface area contributed by atoms with Crippen molar-refractivity contribution in [3.63, 3.8) is 0 Å². The number of amides is 1. The molecule has 1 amide bonds. The molecule has 0 spiro atoms. The quantitative estimate of drug-likeness (QED) is 0.734. The monoisotopic (exact) mass is 407 g/mol. The lowest BCUT2D eigenvalue weighted by molar-refractivity contribution is -0.115. The predicted molar refractivity (Wildman–Crippen MR) is 121 cm³/mol. The van der Waals surface area contributed by atoms with Crippen LogP contribution in [-0.2, 0) is 4.79 Å². The molecule has 0 radical (unpaired) electrons. The summed E-state index contributed by atoms with van der Waals surface area (Å²) < 4.78 is 5.61. The molecule has 4 rings (SSSR count). The molecule has 2 aliphatic rings. The second-order valence-electron chi connectivity index (χ2n) is 7.29. The van der Waals surface area contributed by atoms with Crippen LogP contribution in [0.3, 0.4) is 0 Å². The summed E-state index contributed by atoms with van der Waals surface area (Å²) in [4.78, 5) is 20.0. The van der Waals surface area contributed by atoms with E-state index in [9.17, 15) is 4.79 Å². The van der Waals surface area contributed by atoms with Gasteiger partial charge in [-0.05, 0) is 68.3 Å². The van der Waals surface area contributed by atoms with Crippen LogP contribution in [0.4, 0.5) is 11.4 Å². The lowest BCUT2D eigenvalue weighted by Crippen LogP contribution is -2.29. The maximum atomic E-state index is 12.4. The average molecular weight is 408 g/mol. The molecule has 150 valence electrons. The molecule has 2 aromatic rings. The first-order valence-electron chi connectivity index (χ1n) is 9.91. The summed E-state index contributed by atoms with van der Waals surface area (Å²) in [6.45, 7) is 4.20. The number of methoxy groups -OCH3 is 1. The molecule has 2 aromatic carbocycles. The van der Waals surface area contributed by atoms with Gasteiger partial charge in [-0.1, -0.05) is 17.7 Å². The molecule has 1 N–H and O–H groups in total. The van der Waals surface area contributed by atoms with Gasteiger partial charge in [0.25, 0.3) is 5.91 Å². The third-order valence-electron chi connectivity index (χ3n) is 5.14. The number of carbonyl (C=O) groups excluding carboxylic acids is 1. The molecule has 0 aromatic heterocycles. The first-order chi connectivity index (χ1) is 14.1. The van der Waals surface area contributed by atoms with Crippen LogP contribution in [0.15, 0.2) is 52.4 Å². The number of nitrogens with zero attached hydrogens (tertiary/aromatic N) is 2. The highest BCUT2D eigenvalue weighted by Crippen LogP contribution is 2.33. The largest absolute Gasteiger partial charge is 0.496 e. The summed E-state index contributed by atoms with van der Waals surface area (Å²) in [5.41, 5.74) is 4.07. The van der Waals surface area contributed by atoms with E-state index in [-0.39, 0.29) is 5.91 Å². The molecular weight excluding hydrogens is 382 g/mol. The summed E-state index contributed by atoms with van der Waals surface area (Å²) in [5, 5.41) is 3.44. The van der Waals surface area contributed by atoms with Gasteiger partial charge in [0.1, 0.15) is 5.75 Å². The number of piperidine rings is 1. The molecule has 0 atom stereocenters. The molecule has 2 aliphatic heterocycles. The van der Waals surface area contributed by atoms with Crippen molar-refractivity contribution in [3.05, 3.63) is 58.5 Å². The van der Waals surface area contributed by atoms with Crippen molar-refractivity contribution in [2.75, 3.05) is 25.1 Å². The summed E-state index contributed by atoms with van der Waals surface area (Å²) >= 11 is 1.35. The molecule has 0 saturated carbocycles. The highest BCUT2D eigenvalue weighted by atomic mass is 32.2. The Morgan fingerprint density at radius 2 is 1.86 bits per heavy atom. The van der Waals surface area contributed by atoms with Crippen molar-refractivity contribution in [3.8, 4) is 5.75 Å². The van der Waals surface area contributed by atoms with Crippen LogP contribution < -0.4 is 15.0 Å². The fraction of sp³-hybridized carbons (Fsp3) is 0.304. The van der Waals surface area contributed by atoms with Gasteiger partial charge >= 0.3 is 0 Å². The Morgan fingerprint density at radius 3 is 2.59 bits per heavy atom. The number of hydrogen-bond acceptors (Lipinski definition) is 5. The fourth-order valence-electron chi connectivity index (χ4n) is 3.53. The van der Waals surface area contributed by atoms with E-state index in [0.29, 0.717) is 10.1 Å². The summed E-state index contributed by atoms with van der Waals surface area (Å²) in [6, 6.07) is 14.1. The maximum absolute atomic E-state index is 12.4. The number of nitrogens with one attached hydrogen (secondary N) is 1. The first kappa shape index (κ1) is 19.6. The van der Waals surface area contributed by atoms with Gasteiger partial charge in [0.15, 0.2) is 5.17 Å². The Labute approximate surface area is 175 Å². The summed E-state index contributed by atoms with van der Waals surface area (Å²) in [7, 11) is 1.67. The number of ether oxygens (including phenoxy) is 1. The Balaban J connectivity index is 1.55. The normalized spacial score (nSPS) is 19.7. The molecule has 5 nitrogen and oxygen atoms in total. The minimum atomic E-state index is -0.136. The summed E-state index contributed by atoms with van der Waals surface area (Å²) in [6.07, 6.45) is 5.63. The minimum absolute atomic E-state index is 0.136. The molecule has 0 unspecified atom stereocenters. The number of aryl methyl sites for hydroxylation is 1. The zero-order chi connectivity index (χ0) is 20.2. The third kappa shape index (κ3) is 4.65. The van der Waals surface area contributed by atoms with E-state index >= 15 is 0 Å². The van der Waals surface area contributed by atoms with Crippen LogP contribution in [0.1, 0.15) is 30.4 Å². The molecular formula is C23H25N3O2S. The Morgan fingerprint density at radius 1 is 1.10 bits per heavy atom. The van der Waals surface area contributed by atoms with Crippen LogP contribution in [0.2, 0.25) is 0 Å². The Hall–Kier alpha value is -2.73. The first-order valence-corrected chi connectivity index (χ1v) is 10.7. The fourth-order valence-corrected chi connectivity index (χ4v) is 4.36. The number of benzene rings is 2. The second-order valence-corrected chi connectivity index (χ2v) is 8.32. The van der Waals surface area contributed by atoms with Crippen LogP contribution >= 0.6 is 11.8 Å². The molecule has 6 heteroatoms. The van der Waals surface area contributed by atoms with Crippen molar-refractivity contribution in [2.45, 2.75) is 26.2 Å². The molecule has 0 aliphatic carbocycles. The number of carbonyl (C=O) groups is 1. The zero-order valence-electron chi connectivity index (χ0n) is 16.8. The maximum Gasteiger partial charge on any atom is 0.264 e. The second kappa shape index (κ2) is 8.74. The van der Waals surface area contributed by atoms with E-state index in [2.05, 4.69) is 27.3 Å². The number of anilines is 1. The molecule has 2 saturated heterocycles. The average Bonchev–Trinajstić information content (AvgIpc) is 3.09. The van der Waals surface area contributed by atoms with Gasteiger partial charge in [-0.15, -0.1) is 0 Å². The number of rotatable bonds is 4. The molecule has 29 heavy (non-hydrogen) atoms. The highest BCUT2D eigenvalue weighted by molar-refractivity contribution is 8.18. The number of hydrogen-bond donors (Lipinski definition) is 1. The number of aliphatic imine (C=N–C) groups is 1. The smallest absolute Gasteiger partial charge is 0.264 e. The van der Waals surface area contributed by atoms with Crippen LogP contribution in [-0.4, -0.2) is 31.3 Å². The van der Waals surface area contributed by atoms with Crippen LogP contribution in [0.25, 0.3) is 6.08 Å². The van der Waals surface area contributed by atoms with Gasteiger partial charge in [0.05, 0.1) is 17.7 Å². The van der Waals surface area contributed by atoms with Crippen LogP contribution in [0, 0.1) is 6.92 Å². The topological polar surface area (TPSA) is 53.9 Å². The van der Waals surface area contributed by atoms with Gasteiger partial charge in [-0.25, -0.2) is 4.99 Å². The molecule has 0 bridgehead atoms. The van der Waals surface area contributed by atoms with E-state index in [1.165, 1.54) is 42.3 Å². The SMILES string of the molecule is COc1cc(N2CCCCC2)ccc1/C=C1\SC(=Nc2ccc(C)cc2)NC1=O. The van der Waals surface area contributed by atoms with Gasteiger partial charge in [-0.3, -0.25) is 4.79 Å². The van der Waals surface area contributed by atoms with Gasteiger partial charge in [0, 0.05) is 30.4 Å². The highest BCUT2D eigenvalue weighted by Gasteiger charge is 2.24. The zero-order valence-corrected chi connectivity index (χ0v) is 17.6. The number of thioether (sulfide) groups is 1.